The molecule has 1 N–H and O–H groups in total. The summed E-state index contributed by atoms with van der Waals surface area (Å²) in [4.78, 5) is 0. The minimum atomic E-state index is 0.510. The third-order valence-electron chi connectivity index (χ3n) is 1.56. The van der Waals surface area contributed by atoms with Crippen molar-refractivity contribution in [3.05, 3.63) is 36.6 Å². The lowest BCUT2D eigenvalue weighted by atomic mass is 10.1. The first-order chi connectivity index (χ1) is 5.07. The van der Waals surface area contributed by atoms with Gasteiger partial charge in [-0.1, -0.05) is 38.7 Å². The molecule has 0 aliphatic carbocycles. The van der Waals surface area contributed by atoms with Crippen LogP contribution in [0.2, 0.25) is 0 Å². The normalized spacial score (nSPS) is 10.5. The summed E-state index contributed by atoms with van der Waals surface area (Å²) in [5, 5.41) is 2.94. The second kappa shape index (κ2) is 4.78. The molecule has 0 amide bonds. The molecular formula is C10H17N. The molecule has 11 heavy (non-hydrogen) atoms. The molecule has 62 valence electrons. The van der Waals surface area contributed by atoms with Gasteiger partial charge >= 0.3 is 0 Å². The summed E-state index contributed by atoms with van der Waals surface area (Å²) in [5.41, 5.74) is 2.04. The second-order valence-electron chi connectivity index (χ2n) is 2.84. The van der Waals surface area contributed by atoms with E-state index in [0.717, 1.165) is 11.3 Å². The summed E-state index contributed by atoms with van der Waals surface area (Å²) in [7, 11) is 1.85. The van der Waals surface area contributed by atoms with Crippen LogP contribution in [0.25, 0.3) is 0 Å². The molecule has 1 nitrogen and oxygen atoms in total. The molecule has 0 aromatic carbocycles. The van der Waals surface area contributed by atoms with Gasteiger partial charge in [-0.25, -0.2) is 0 Å². The zero-order chi connectivity index (χ0) is 8.85. The zero-order valence-corrected chi connectivity index (χ0v) is 7.65. The van der Waals surface area contributed by atoms with E-state index >= 15 is 0 Å². The molecule has 0 saturated heterocycles. The minimum absolute atomic E-state index is 0.510. The Kier molecular flexibility index (Phi) is 4.35. The number of hydrogen-bond acceptors (Lipinski definition) is 1. The first kappa shape index (κ1) is 10.0. The van der Waals surface area contributed by atoms with E-state index in [9.17, 15) is 0 Å². The largest absolute Gasteiger partial charge is 0.389 e. The topological polar surface area (TPSA) is 12.0 Å². The zero-order valence-electron chi connectivity index (χ0n) is 7.65. The summed E-state index contributed by atoms with van der Waals surface area (Å²) in [6.45, 7) is 11.9. The van der Waals surface area contributed by atoms with Crippen LogP contribution >= 0.6 is 0 Å². The van der Waals surface area contributed by atoms with Crippen LogP contribution in [-0.2, 0) is 0 Å². The minimum Gasteiger partial charge on any atom is -0.389 e. The third-order valence-corrected chi connectivity index (χ3v) is 1.56. The Morgan fingerprint density at radius 1 is 1.27 bits per heavy atom. The molecule has 0 rings (SSSR count). The Labute approximate surface area is 69.5 Å². The van der Waals surface area contributed by atoms with Gasteiger partial charge < -0.3 is 5.32 Å². The maximum Gasteiger partial charge on any atom is 0.0264 e. The summed E-state index contributed by atoms with van der Waals surface area (Å²) in [6, 6.07) is 0. The van der Waals surface area contributed by atoms with E-state index in [1.807, 2.05) is 19.2 Å². The molecule has 0 bridgehead atoms. The standard InChI is InChI=1S/C10H17N/c1-8(2)9(3)6-7-10(4)11-5/h6-8,11H,3-4H2,1-2,5H3/b7-6-. The average Bonchev–Trinajstić information content (AvgIpc) is 1.99. The molecule has 0 aromatic rings. The van der Waals surface area contributed by atoms with Gasteiger partial charge in [0, 0.05) is 12.7 Å². The fourth-order valence-electron chi connectivity index (χ4n) is 0.483. The van der Waals surface area contributed by atoms with Crippen LogP contribution in [-0.4, -0.2) is 7.05 Å². The van der Waals surface area contributed by atoms with E-state index in [0.29, 0.717) is 5.92 Å². The number of rotatable bonds is 4. The van der Waals surface area contributed by atoms with E-state index in [1.165, 1.54) is 0 Å². The molecule has 0 spiro atoms. The van der Waals surface area contributed by atoms with Crippen molar-refractivity contribution in [3.8, 4) is 0 Å². The molecule has 0 aliphatic rings. The van der Waals surface area contributed by atoms with Gasteiger partial charge in [-0.05, 0) is 12.0 Å². The van der Waals surface area contributed by atoms with Crippen molar-refractivity contribution in [2.75, 3.05) is 7.05 Å². The van der Waals surface area contributed by atoms with Crippen molar-refractivity contribution in [3.63, 3.8) is 0 Å². The predicted molar refractivity (Wildman–Crippen MR) is 51.3 cm³/mol. The maximum atomic E-state index is 3.90. The first-order valence-corrected chi connectivity index (χ1v) is 3.81. The van der Waals surface area contributed by atoms with Gasteiger partial charge in [0.25, 0.3) is 0 Å². The Morgan fingerprint density at radius 3 is 2.18 bits per heavy atom. The Hall–Kier alpha value is -0.980. The highest BCUT2D eigenvalue weighted by atomic mass is 14.8. The predicted octanol–water partition coefficient (Wildman–Crippen LogP) is 2.49. The van der Waals surface area contributed by atoms with E-state index in [1.54, 1.807) is 0 Å². The molecule has 0 aliphatic heterocycles. The molecule has 0 aromatic heterocycles. The highest BCUT2D eigenvalue weighted by Crippen LogP contribution is 2.07. The number of hydrogen-bond donors (Lipinski definition) is 1. The van der Waals surface area contributed by atoms with Crippen molar-refractivity contribution in [1.82, 2.24) is 5.32 Å². The summed E-state index contributed by atoms with van der Waals surface area (Å²) in [5.74, 6) is 0.510. The fraction of sp³-hybridized carbons (Fsp3) is 0.400. The lowest BCUT2D eigenvalue weighted by Crippen LogP contribution is -2.00. The van der Waals surface area contributed by atoms with Gasteiger partial charge in [-0.3, -0.25) is 0 Å². The van der Waals surface area contributed by atoms with Crippen molar-refractivity contribution in [2.24, 2.45) is 5.92 Å². The number of likely N-dealkylation sites (N-methyl/N-ethyl adjacent to an activating group) is 1. The lowest BCUT2D eigenvalue weighted by molar-refractivity contribution is 0.795. The van der Waals surface area contributed by atoms with E-state index in [2.05, 4.69) is 32.3 Å². The van der Waals surface area contributed by atoms with Gasteiger partial charge in [-0.15, -0.1) is 0 Å². The third kappa shape index (κ3) is 4.43. The van der Waals surface area contributed by atoms with Gasteiger partial charge in [0.15, 0.2) is 0 Å². The van der Waals surface area contributed by atoms with Gasteiger partial charge in [0.1, 0.15) is 0 Å². The van der Waals surface area contributed by atoms with Crippen molar-refractivity contribution in [2.45, 2.75) is 13.8 Å². The van der Waals surface area contributed by atoms with E-state index in [-0.39, 0.29) is 0 Å². The SMILES string of the molecule is C=C(/C=C\C(=C)C(C)C)NC. The van der Waals surface area contributed by atoms with E-state index in [4.69, 9.17) is 0 Å². The van der Waals surface area contributed by atoms with Gasteiger partial charge in [0.2, 0.25) is 0 Å². The molecule has 1 heteroatoms. The van der Waals surface area contributed by atoms with Gasteiger partial charge in [0.05, 0.1) is 0 Å². The Morgan fingerprint density at radius 2 is 1.82 bits per heavy atom. The highest BCUT2D eigenvalue weighted by molar-refractivity contribution is 5.24. The van der Waals surface area contributed by atoms with Crippen LogP contribution in [0.1, 0.15) is 13.8 Å². The van der Waals surface area contributed by atoms with Crippen LogP contribution in [0.15, 0.2) is 36.6 Å². The highest BCUT2D eigenvalue weighted by Gasteiger charge is 1.93. The monoisotopic (exact) mass is 151 g/mol. The lowest BCUT2D eigenvalue weighted by Gasteiger charge is -2.03. The Balaban J connectivity index is 3.93. The molecule has 0 saturated carbocycles. The molecule has 0 fully saturated rings. The molecule has 0 heterocycles. The van der Waals surface area contributed by atoms with Crippen LogP contribution in [0.4, 0.5) is 0 Å². The van der Waals surface area contributed by atoms with E-state index < -0.39 is 0 Å². The first-order valence-electron chi connectivity index (χ1n) is 3.81. The summed E-state index contributed by atoms with van der Waals surface area (Å²) < 4.78 is 0. The molecule has 0 atom stereocenters. The van der Waals surface area contributed by atoms with Crippen LogP contribution < -0.4 is 5.32 Å². The summed E-state index contributed by atoms with van der Waals surface area (Å²) >= 11 is 0. The maximum absolute atomic E-state index is 3.90. The molecular weight excluding hydrogens is 134 g/mol. The second-order valence-corrected chi connectivity index (χ2v) is 2.84. The number of nitrogens with one attached hydrogen (secondary N) is 1. The molecule has 0 unspecified atom stereocenters. The van der Waals surface area contributed by atoms with Crippen molar-refractivity contribution >= 4 is 0 Å². The number of allylic oxidation sites excluding steroid dienone is 3. The van der Waals surface area contributed by atoms with Crippen LogP contribution in [0.5, 0.6) is 0 Å². The smallest absolute Gasteiger partial charge is 0.0264 e. The van der Waals surface area contributed by atoms with Crippen molar-refractivity contribution in [1.29, 1.82) is 0 Å². The van der Waals surface area contributed by atoms with Crippen LogP contribution in [0.3, 0.4) is 0 Å². The van der Waals surface area contributed by atoms with Crippen LogP contribution in [0, 0.1) is 5.92 Å². The Bertz CT molecular complexity index is 175. The quantitative estimate of drug-likeness (QED) is 0.609. The van der Waals surface area contributed by atoms with Gasteiger partial charge in [-0.2, -0.15) is 0 Å². The molecule has 0 radical (unpaired) electrons. The summed E-state index contributed by atoms with van der Waals surface area (Å²) in [6.07, 6.45) is 3.92. The van der Waals surface area contributed by atoms with Crippen molar-refractivity contribution < 1.29 is 0 Å². The average molecular weight is 151 g/mol. The fourth-order valence-corrected chi connectivity index (χ4v) is 0.483.